The fourth-order valence-corrected chi connectivity index (χ4v) is 5.94. The molecule has 0 fully saturated rings. The van der Waals surface area contributed by atoms with Crippen molar-refractivity contribution >= 4 is 19.8 Å². The van der Waals surface area contributed by atoms with E-state index >= 15 is 0 Å². The maximum Gasteiger partial charge on any atom is 0.472 e. The fraction of sp³-hybridized carbons (Fsp3) is 0.721. The zero-order valence-corrected chi connectivity index (χ0v) is 34.6. The summed E-state index contributed by atoms with van der Waals surface area (Å²) in [6, 6.07) is 0. The molecule has 0 heterocycles. The number of phosphoric ester groups is 1. The van der Waals surface area contributed by atoms with Gasteiger partial charge in [-0.2, -0.15) is 0 Å². The second-order valence-electron chi connectivity index (χ2n) is 13.7. The minimum absolute atomic E-state index is 0.143. The fourth-order valence-electron chi connectivity index (χ4n) is 5.15. The molecule has 1 unspecified atom stereocenters. The Kier molecular flexibility index (Phi) is 37.2. The van der Waals surface area contributed by atoms with Crippen molar-refractivity contribution in [2.24, 2.45) is 0 Å². The van der Waals surface area contributed by atoms with E-state index in [1.54, 1.807) is 0 Å². The van der Waals surface area contributed by atoms with Gasteiger partial charge in [0.1, 0.15) is 12.7 Å². The Morgan fingerprint density at radius 3 is 1.48 bits per heavy atom. The summed E-state index contributed by atoms with van der Waals surface area (Å²) in [5.74, 6) is -0.977. The zero-order valence-electron chi connectivity index (χ0n) is 33.7. The van der Waals surface area contributed by atoms with Crippen molar-refractivity contribution in [3.05, 3.63) is 60.8 Å². The van der Waals surface area contributed by atoms with E-state index in [2.05, 4.69) is 79.1 Å². The van der Waals surface area contributed by atoms with E-state index < -0.39 is 51.8 Å². The molecule has 0 bridgehead atoms. The predicted molar refractivity (Wildman–Crippen MR) is 219 cm³/mol. The van der Waals surface area contributed by atoms with Crippen LogP contribution in [0.15, 0.2) is 60.8 Å². The number of rotatable bonds is 38. The van der Waals surface area contributed by atoms with E-state index in [0.29, 0.717) is 12.8 Å². The Labute approximate surface area is 327 Å². The van der Waals surface area contributed by atoms with Crippen LogP contribution in [0, 0.1) is 0 Å². The number of aliphatic hydroxyl groups is 2. The number of allylic oxidation sites excluding steroid dienone is 10. The van der Waals surface area contributed by atoms with E-state index in [4.69, 9.17) is 19.1 Å². The maximum absolute atomic E-state index is 12.6. The third kappa shape index (κ3) is 38.0. The molecule has 0 aliphatic heterocycles. The van der Waals surface area contributed by atoms with Crippen molar-refractivity contribution in [2.45, 2.75) is 174 Å². The van der Waals surface area contributed by atoms with Crippen molar-refractivity contribution in [1.29, 1.82) is 0 Å². The molecule has 0 aromatic heterocycles. The highest BCUT2D eigenvalue weighted by molar-refractivity contribution is 7.47. The molecule has 10 nitrogen and oxygen atoms in total. The highest BCUT2D eigenvalue weighted by Gasteiger charge is 2.27. The summed E-state index contributed by atoms with van der Waals surface area (Å²) in [5.41, 5.74) is 0. The standard InChI is InChI=1S/C43H75O10P/c1-3-5-7-9-11-13-15-17-18-19-20-21-22-23-25-27-29-31-33-35-43(47)53-41(39-52-54(48,49)51-37-40(45)36-44)38-50-42(46)34-32-30-28-26-24-16-14-12-10-8-6-4-2/h11-14,17-18,20-21,23,25,40-41,44-45H,3-10,15-16,19,22,24,26-39H2,1-2H3,(H,48,49)/b13-11-,14-12-,18-17-,21-20-,25-23-/t40-,41+/m0/s1. The second kappa shape index (κ2) is 38.9. The van der Waals surface area contributed by atoms with E-state index in [1.807, 2.05) is 0 Å². The average Bonchev–Trinajstić information content (AvgIpc) is 3.16. The molecular formula is C43H75O10P. The maximum atomic E-state index is 12.6. The largest absolute Gasteiger partial charge is 0.472 e. The number of carbonyl (C=O) groups excluding carboxylic acids is 2. The Bertz CT molecular complexity index is 1080. The Balaban J connectivity index is 4.41. The van der Waals surface area contributed by atoms with Gasteiger partial charge in [-0.15, -0.1) is 0 Å². The molecule has 3 atom stereocenters. The first-order chi connectivity index (χ1) is 26.2. The third-order valence-electron chi connectivity index (χ3n) is 8.39. The SMILES string of the molecule is CCCCC/C=C\C/C=C\C/C=C\C/C=C\CCCCCC(=O)O[C@H](COC(=O)CCCCCCC/C=C\CCCCC)COP(=O)(O)OC[C@@H](O)CO. The minimum atomic E-state index is -4.63. The van der Waals surface area contributed by atoms with Crippen molar-refractivity contribution < 1.29 is 47.8 Å². The van der Waals surface area contributed by atoms with Crippen LogP contribution in [0.5, 0.6) is 0 Å². The normalized spacial score (nSPS) is 14.5. The molecule has 54 heavy (non-hydrogen) atoms. The van der Waals surface area contributed by atoms with Crippen LogP contribution in [-0.2, 0) is 32.7 Å². The van der Waals surface area contributed by atoms with Crippen LogP contribution in [0.3, 0.4) is 0 Å². The first-order valence-corrected chi connectivity index (χ1v) is 22.2. The predicted octanol–water partition coefficient (Wildman–Crippen LogP) is 10.7. The molecule has 312 valence electrons. The number of unbranched alkanes of at least 4 members (excludes halogenated alkanes) is 14. The Morgan fingerprint density at radius 2 is 0.963 bits per heavy atom. The molecule has 0 saturated heterocycles. The number of hydrogen-bond donors (Lipinski definition) is 3. The van der Waals surface area contributed by atoms with Crippen LogP contribution in [0.25, 0.3) is 0 Å². The van der Waals surface area contributed by atoms with Gasteiger partial charge in [0.25, 0.3) is 0 Å². The van der Waals surface area contributed by atoms with Crippen LogP contribution in [-0.4, -0.2) is 65.7 Å². The smallest absolute Gasteiger partial charge is 0.462 e. The number of esters is 2. The summed E-state index contributed by atoms with van der Waals surface area (Å²) in [4.78, 5) is 34.9. The minimum Gasteiger partial charge on any atom is -0.462 e. The zero-order chi connectivity index (χ0) is 39.8. The quantitative estimate of drug-likeness (QED) is 0.0239. The lowest BCUT2D eigenvalue weighted by Gasteiger charge is -2.20. The Morgan fingerprint density at radius 1 is 0.556 bits per heavy atom. The highest BCUT2D eigenvalue weighted by atomic mass is 31.2. The molecule has 0 saturated carbocycles. The van der Waals surface area contributed by atoms with Gasteiger partial charge in [0.15, 0.2) is 6.10 Å². The molecule has 0 aliphatic carbocycles. The number of ether oxygens (including phenoxy) is 2. The summed E-state index contributed by atoms with van der Waals surface area (Å²) < 4.78 is 32.6. The molecule has 0 amide bonds. The summed E-state index contributed by atoms with van der Waals surface area (Å²) in [5, 5.41) is 18.3. The van der Waals surface area contributed by atoms with Gasteiger partial charge < -0.3 is 24.6 Å². The van der Waals surface area contributed by atoms with E-state index in [9.17, 15) is 24.2 Å². The summed E-state index contributed by atoms with van der Waals surface area (Å²) >= 11 is 0. The van der Waals surface area contributed by atoms with E-state index in [0.717, 1.165) is 77.0 Å². The number of carbonyl (C=O) groups is 2. The van der Waals surface area contributed by atoms with Gasteiger partial charge in [-0.25, -0.2) is 4.57 Å². The van der Waals surface area contributed by atoms with Gasteiger partial charge in [-0.05, 0) is 83.5 Å². The number of phosphoric acid groups is 1. The lowest BCUT2D eigenvalue weighted by atomic mass is 10.1. The number of aliphatic hydroxyl groups excluding tert-OH is 2. The van der Waals surface area contributed by atoms with Crippen molar-refractivity contribution in [1.82, 2.24) is 0 Å². The van der Waals surface area contributed by atoms with Gasteiger partial charge >= 0.3 is 19.8 Å². The van der Waals surface area contributed by atoms with Gasteiger partial charge in [0.2, 0.25) is 0 Å². The molecule has 0 aliphatic rings. The van der Waals surface area contributed by atoms with Gasteiger partial charge in [0.05, 0.1) is 19.8 Å². The first-order valence-electron chi connectivity index (χ1n) is 20.7. The van der Waals surface area contributed by atoms with Crippen LogP contribution in [0.2, 0.25) is 0 Å². The van der Waals surface area contributed by atoms with E-state index in [1.165, 1.54) is 44.9 Å². The van der Waals surface area contributed by atoms with Gasteiger partial charge in [0, 0.05) is 12.8 Å². The van der Waals surface area contributed by atoms with Gasteiger partial charge in [-0.1, -0.05) is 126 Å². The Hall–Kier alpha value is -2.33. The lowest BCUT2D eigenvalue weighted by Crippen LogP contribution is -2.29. The molecule has 0 radical (unpaired) electrons. The van der Waals surface area contributed by atoms with Crippen LogP contribution in [0.1, 0.15) is 162 Å². The third-order valence-corrected chi connectivity index (χ3v) is 9.35. The average molecular weight is 783 g/mol. The summed E-state index contributed by atoms with van der Waals surface area (Å²) in [7, 11) is -4.63. The second-order valence-corrected chi connectivity index (χ2v) is 15.1. The first kappa shape index (κ1) is 51.7. The van der Waals surface area contributed by atoms with Crippen molar-refractivity contribution in [2.75, 3.05) is 26.4 Å². The topological polar surface area (TPSA) is 149 Å². The summed E-state index contributed by atoms with van der Waals surface area (Å²) in [6.07, 6.45) is 41.9. The highest BCUT2D eigenvalue weighted by Crippen LogP contribution is 2.43. The van der Waals surface area contributed by atoms with Crippen molar-refractivity contribution in [3.63, 3.8) is 0 Å². The molecule has 0 aromatic rings. The van der Waals surface area contributed by atoms with E-state index in [-0.39, 0.29) is 19.4 Å². The molecule has 0 spiro atoms. The van der Waals surface area contributed by atoms with Crippen molar-refractivity contribution in [3.8, 4) is 0 Å². The molecule has 3 N–H and O–H groups in total. The van der Waals surface area contributed by atoms with Gasteiger partial charge in [-0.3, -0.25) is 18.6 Å². The molecule has 0 aromatic carbocycles. The molecular weight excluding hydrogens is 707 g/mol. The number of hydrogen-bond acceptors (Lipinski definition) is 9. The molecule has 11 heteroatoms. The van der Waals surface area contributed by atoms with Crippen LogP contribution < -0.4 is 0 Å². The van der Waals surface area contributed by atoms with Crippen LogP contribution >= 0.6 is 7.82 Å². The lowest BCUT2D eigenvalue weighted by molar-refractivity contribution is -0.161. The van der Waals surface area contributed by atoms with Crippen LogP contribution in [0.4, 0.5) is 0 Å². The molecule has 0 rings (SSSR count). The summed E-state index contributed by atoms with van der Waals surface area (Å²) in [6.45, 7) is 2.26. The monoisotopic (exact) mass is 783 g/mol.